The van der Waals surface area contributed by atoms with E-state index < -0.39 is 5.97 Å². The summed E-state index contributed by atoms with van der Waals surface area (Å²) in [6.45, 7) is 2.15. The summed E-state index contributed by atoms with van der Waals surface area (Å²) in [6.07, 6.45) is 1.55. The Hall–Kier alpha value is -2.51. The SMILES string of the molecule is COC(=O)c1ccccc1NC(=O)N1CCN(c2ncc(Cl)cc2Cl)CC1. The highest BCUT2D eigenvalue weighted by Gasteiger charge is 2.24. The van der Waals surface area contributed by atoms with Gasteiger partial charge in [0.1, 0.15) is 5.82 Å². The van der Waals surface area contributed by atoms with E-state index in [4.69, 9.17) is 27.9 Å². The van der Waals surface area contributed by atoms with Crippen molar-refractivity contribution in [3.63, 3.8) is 0 Å². The van der Waals surface area contributed by atoms with Gasteiger partial charge in [-0.3, -0.25) is 0 Å². The maximum atomic E-state index is 12.6. The fraction of sp³-hybridized carbons (Fsp3) is 0.278. The third-order valence-electron chi connectivity index (χ3n) is 4.23. The van der Waals surface area contributed by atoms with Gasteiger partial charge in [-0.15, -0.1) is 0 Å². The normalized spacial score (nSPS) is 14.0. The average molecular weight is 409 g/mol. The Balaban J connectivity index is 1.63. The van der Waals surface area contributed by atoms with Gasteiger partial charge in [-0.1, -0.05) is 35.3 Å². The first-order valence-corrected chi connectivity index (χ1v) is 9.04. The first-order valence-electron chi connectivity index (χ1n) is 8.29. The third-order valence-corrected chi connectivity index (χ3v) is 4.71. The molecule has 1 N–H and O–H groups in total. The summed E-state index contributed by atoms with van der Waals surface area (Å²) >= 11 is 12.1. The van der Waals surface area contributed by atoms with E-state index in [1.54, 1.807) is 41.4 Å². The van der Waals surface area contributed by atoms with E-state index in [0.29, 0.717) is 53.3 Å². The molecule has 1 aliphatic heterocycles. The zero-order chi connectivity index (χ0) is 19.4. The number of nitrogens with zero attached hydrogens (tertiary/aromatic N) is 3. The van der Waals surface area contributed by atoms with Crippen LogP contribution < -0.4 is 10.2 Å². The number of aromatic nitrogens is 1. The third kappa shape index (κ3) is 4.43. The largest absolute Gasteiger partial charge is 0.465 e. The number of pyridine rings is 1. The van der Waals surface area contributed by atoms with Crippen molar-refractivity contribution >= 4 is 46.7 Å². The molecule has 9 heteroatoms. The number of carbonyl (C=O) groups excluding carboxylic acids is 2. The molecule has 0 unspecified atom stereocenters. The van der Waals surface area contributed by atoms with Gasteiger partial charge in [0, 0.05) is 32.4 Å². The lowest BCUT2D eigenvalue weighted by Crippen LogP contribution is -2.50. The molecular formula is C18H18Cl2N4O3. The summed E-state index contributed by atoms with van der Waals surface area (Å²) in [7, 11) is 1.30. The maximum absolute atomic E-state index is 12.6. The van der Waals surface area contributed by atoms with E-state index in [1.165, 1.54) is 7.11 Å². The molecule has 0 saturated carbocycles. The van der Waals surface area contributed by atoms with E-state index in [0.717, 1.165) is 0 Å². The molecule has 7 nitrogen and oxygen atoms in total. The van der Waals surface area contributed by atoms with Crippen LogP contribution in [0.3, 0.4) is 0 Å². The molecule has 0 aliphatic carbocycles. The molecule has 27 heavy (non-hydrogen) atoms. The first-order chi connectivity index (χ1) is 13.0. The second-order valence-electron chi connectivity index (χ2n) is 5.90. The van der Waals surface area contributed by atoms with Crippen LogP contribution in [0.15, 0.2) is 36.5 Å². The van der Waals surface area contributed by atoms with E-state index >= 15 is 0 Å². The summed E-state index contributed by atoms with van der Waals surface area (Å²) < 4.78 is 4.75. The van der Waals surface area contributed by atoms with Crippen molar-refractivity contribution in [2.45, 2.75) is 0 Å². The molecule has 1 aliphatic rings. The van der Waals surface area contributed by atoms with Crippen molar-refractivity contribution < 1.29 is 14.3 Å². The lowest BCUT2D eigenvalue weighted by molar-refractivity contribution is 0.0602. The maximum Gasteiger partial charge on any atom is 0.339 e. The lowest BCUT2D eigenvalue weighted by atomic mass is 10.2. The molecule has 1 aromatic carbocycles. The highest BCUT2D eigenvalue weighted by atomic mass is 35.5. The summed E-state index contributed by atoms with van der Waals surface area (Å²) in [5, 5.41) is 3.73. The number of carbonyl (C=O) groups is 2. The minimum Gasteiger partial charge on any atom is -0.465 e. The molecule has 0 spiro atoms. The second-order valence-corrected chi connectivity index (χ2v) is 6.74. The van der Waals surface area contributed by atoms with E-state index in [1.807, 2.05) is 4.90 Å². The van der Waals surface area contributed by atoms with Crippen LogP contribution in [0, 0.1) is 0 Å². The Kier molecular flexibility index (Phi) is 6.03. The smallest absolute Gasteiger partial charge is 0.339 e. The van der Waals surface area contributed by atoms with Crippen molar-refractivity contribution in [1.29, 1.82) is 0 Å². The number of rotatable bonds is 3. The highest BCUT2D eigenvalue weighted by Crippen LogP contribution is 2.27. The molecule has 1 saturated heterocycles. The summed E-state index contributed by atoms with van der Waals surface area (Å²) in [4.78, 5) is 32.3. The Labute approximate surface area is 166 Å². The predicted octanol–water partition coefficient (Wildman–Crippen LogP) is 3.53. The zero-order valence-corrected chi connectivity index (χ0v) is 16.1. The van der Waals surface area contributed by atoms with E-state index in [2.05, 4.69) is 10.3 Å². The van der Waals surface area contributed by atoms with Gasteiger partial charge in [0.05, 0.1) is 28.4 Å². The Bertz CT molecular complexity index is 854. The standard InChI is InChI=1S/C18H18Cl2N4O3/c1-27-17(25)13-4-2-3-5-15(13)22-18(26)24-8-6-23(7-9-24)16-14(20)10-12(19)11-21-16/h2-5,10-11H,6-9H2,1H3,(H,22,26). The monoisotopic (exact) mass is 408 g/mol. The topological polar surface area (TPSA) is 74.8 Å². The van der Waals surface area contributed by atoms with Gasteiger partial charge in [0.25, 0.3) is 0 Å². The number of piperazine rings is 1. The van der Waals surface area contributed by atoms with Gasteiger partial charge in [-0.25, -0.2) is 14.6 Å². The number of amides is 2. The number of ether oxygens (including phenoxy) is 1. The Morgan fingerprint density at radius 3 is 2.52 bits per heavy atom. The lowest BCUT2D eigenvalue weighted by Gasteiger charge is -2.35. The minimum absolute atomic E-state index is 0.277. The van der Waals surface area contributed by atoms with Crippen LogP contribution in [-0.4, -0.2) is 55.2 Å². The van der Waals surface area contributed by atoms with Crippen molar-refractivity contribution in [1.82, 2.24) is 9.88 Å². The minimum atomic E-state index is -0.501. The van der Waals surface area contributed by atoms with Crippen LogP contribution >= 0.6 is 23.2 Å². The molecule has 0 bridgehead atoms. The van der Waals surface area contributed by atoms with Gasteiger partial charge >= 0.3 is 12.0 Å². The summed E-state index contributed by atoms with van der Waals surface area (Å²) in [5.41, 5.74) is 0.725. The van der Waals surface area contributed by atoms with Crippen molar-refractivity contribution in [3.8, 4) is 0 Å². The number of para-hydroxylation sites is 1. The summed E-state index contributed by atoms with van der Waals surface area (Å²) in [5.74, 6) is 0.149. The van der Waals surface area contributed by atoms with E-state index in [9.17, 15) is 9.59 Å². The first kappa shape index (κ1) is 19.3. The molecule has 3 rings (SSSR count). The van der Waals surface area contributed by atoms with E-state index in [-0.39, 0.29) is 6.03 Å². The molecule has 2 aromatic rings. The van der Waals surface area contributed by atoms with Crippen LogP contribution in [0.2, 0.25) is 10.0 Å². The molecule has 0 atom stereocenters. The van der Waals surface area contributed by atoms with Crippen LogP contribution in [0.4, 0.5) is 16.3 Å². The number of urea groups is 1. The summed E-state index contributed by atoms with van der Waals surface area (Å²) in [6, 6.07) is 8.10. The van der Waals surface area contributed by atoms with Crippen molar-refractivity contribution in [2.75, 3.05) is 43.5 Å². The van der Waals surface area contributed by atoms with Gasteiger partial charge in [0.2, 0.25) is 0 Å². The van der Waals surface area contributed by atoms with Crippen molar-refractivity contribution in [2.24, 2.45) is 0 Å². The van der Waals surface area contributed by atoms with Crippen LogP contribution in [0.25, 0.3) is 0 Å². The van der Waals surface area contributed by atoms with Crippen LogP contribution in [-0.2, 0) is 4.74 Å². The highest BCUT2D eigenvalue weighted by molar-refractivity contribution is 6.36. The van der Waals surface area contributed by atoms with Gasteiger partial charge in [-0.05, 0) is 18.2 Å². The van der Waals surface area contributed by atoms with Gasteiger partial charge < -0.3 is 19.9 Å². The number of anilines is 2. The molecule has 2 amide bonds. The van der Waals surface area contributed by atoms with Crippen LogP contribution in [0.5, 0.6) is 0 Å². The average Bonchev–Trinajstić information content (AvgIpc) is 2.68. The second kappa shape index (κ2) is 8.45. The van der Waals surface area contributed by atoms with Crippen LogP contribution in [0.1, 0.15) is 10.4 Å². The number of hydrogen-bond donors (Lipinski definition) is 1. The van der Waals surface area contributed by atoms with Crippen molar-refractivity contribution in [3.05, 3.63) is 52.1 Å². The number of hydrogen-bond acceptors (Lipinski definition) is 5. The molecule has 2 heterocycles. The fourth-order valence-corrected chi connectivity index (χ4v) is 3.34. The van der Waals surface area contributed by atoms with Gasteiger partial charge in [0.15, 0.2) is 0 Å². The Morgan fingerprint density at radius 1 is 1.15 bits per heavy atom. The molecule has 1 aromatic heterocycles. The number of nitrogens with one attached hydrogen (secondary N) is 1. The number of benzene rings is 1. The number of esters is 1. The fourth-order valence-electron chi connectivity index (χ4n) is 2.84. The molecule has 142 valence electrons. The number of methoxy groups -OCH3 is 1. The Morgan fingerprint density at radius 2 is 1.85 bits per heavy atom. The molecular weight excluding hydrogens is 391 g/mol. The number of halogens is 2. The predicted molar refractivity (Wildman–Crippen MR) is 105 cm³/mol. The zero-order valence-electron chi connectivity index (χ0n) is 14.6. The molecule has 1 fully saturated rings. The van der Waals surface area contributed by atoms with Gasteiger partial charge in [-0.2, -0.15) is 0 Å². The quantitative estimate of drug-likeness (QED) is 0.786. The molecule has 0 radical (unpaired) electrons.